The fraction of sp³-hybridized carbons (Fsp3) is 0.263. The first-order chi connectivity index (χ1) is 12.2. The summed E-state index contributed by atoms with van der Waals surface area (Å²) in [6.07, 6.45) is 0. The Morgan fingerprint density at radius 1 is 1.12 bits per heavy atom. The van der Waals surface area contributed by atoms with E-state index >= 15 is 0 Å². The topological polar surface area (TPSA) is 92.6 Å². The molecule has 7 heteroatoms. The van der Waals surface area contributed by atoms with Crippen molar-refractivity contribution < 1.29 is 14.5 Å². The number of nitrogens with one attached hydrogen (secondary N) is 1. The number of imide groups is 1. The Bertz CT molecular complexity index is 908. The van der Waals surface area contributed by atoms with E-state index in [1.54, 1.807) is 6.92 Å². The van der Waals surface area contributed by atoms with Gasteiger partial charge in [-0.25, -0.2) is 4.79 Å². The van der Waals surface area contributed by atoms with Crippen LogP contribution in [0.2, 0.25) is 0 Å². The molecule has 1 unspecified atom stereocenters. The van der Waals surface area contributed by atoms with Gasteiger partial charge in [-0.1, -0.05) is 23.8 Å². The molecule has 0 aliphatic carbocycles. The highest BCUT2D eigenvalue weighted by atomic mass is 16.6. The van der Waals surface area contributed by atoms with E-state index < -0.39 is 16.5 Å². The van der Waals surface area contributed by atoms with E-state index in [2.05, 4.69) is 5.32 Å². The predicted octanol–water partition coefficient (Wildman–Crippen LogP) is 3.18. The first-order valence-corrected chi connectivity index (χ1v) is 8.17. The quantitative estimate of drug-likeness (QED) is 0.519. The van der Waals surface area contributed by atoms with Crippen molar-refractivity contribution in [2.24, 2.45) is 0 Å². The third-order valence-corrected chi connectivity index (χ3v) is 4.76. The van der Waals surface area contributed by atoms with Crippen LogP contribution in [0.1, 0.15) is 29.2 Å². The molecule has 0 spiro atoms. The Hall–Kier alpha value is -3.22. The van der Waals surface area contributed by atoms with Crippen LogP contribution in [-0.4, -0.2) is 21.8 Å². The Balaban J connectivity index is 1.90. The lowest BCUT2D eigenvalue weighted by Gasteiger charge is -2.22. The summed E-state index contributed by atoms with van der Waals surface area (Å²) in [6, 6.07) is 11.1. The number of hydrogen-bond acceptors (Lipinski definition) is 4. The van der Waals surface area contributed by atoms with Crippen molar-refractivity contribution in [2.45, 2.75) is 32.9 Å². The number of amides is 3. The van der Waals surface area contributed by atoms with Crippen LogP contribution in [0, 0.1) is 24.0 Å². The van der Waals surface area contributed by atoms with E-state index in [0.717, 1.165) is 16.7 Å². The van der Waals surface area contributed by atoms with Crippen LogP contribution in [0.25, 0.3) is 0 Å². The highest BCUT2D eigenvalue weighted by Crippen LogP contribution is 2.31. The van der Waals surface area contributed by atoms with Crippen molar-refractivity contribution in [3.8, 4) is 0 Å². The number of rotatable bonds is 4. The summed E-state index contributed by atoms with van der Waals surface area (Å²) >= 11 is 0. The Labute approximate surface area is 150 Å². The first kappa shape index (κ1) is 17.6. The second-order valence-electron chi connectivity index (χ2n) is 6.68. The average Bonchev–Trinajstić information content (AvgIpc) is 2.82. The number of carbonyl (C=O) groups excluding carboxylic acids is 2. The van der Waals surface area contributed by atoms with Crippen molar-refractivity contribution in [3.05, 3.63) is 74.8 Å². The molecule has 1 aliphatic heterocycles. The molecule has 3 amide bonds. The molecule has 1 fully saturated rings. The van der Waals surface area contributed by atoms with Gasteiger partial charge in [0.05, 0.1) is 11.5 Å². The summed E-state index contributed by atoms with van der Waals surface area (Å²) in [5, 5.41) is 13.5. The van der Waals surface area contributed by atoms with E-state index in [-0.39, 0.29) is 18.1 Å². The van der Waals surface area contributed by atoms with Crippen LogP contribution >= 0.6 is 0 Å². The SMILES string of the molecule is Cc1ccc(C)c(CN2C(=O)NC(C)(c3ccc([N+](=O)[O-])cc3)C2=O)c1. The third-order valence-electron chi connectivity index (χ3n) is 4.76. The molecule has 1 N–H and O–H groups in total. The maximum Gasteiger partial charge on any atom is 0.325 e. The minimum atomic E-state index is -1.25. The molecular formula is C19H19N3O4. The van der Waals surface area contributed by atoms with Crippen LogP contribution in [0.15, 0.2) is 42.5 Å². The molecule has 26 heavy (non-hydrogen) atoms. The summed E-state index contributed by atoms with van der Waals surface area (Å²) in [4.78, 5) is 36.9. The second kappa shape index (κ2) is 6.25. The van der Waals surface area contributed by atoms with Crippen molar-refractivity contribution in [1.29, 1.82) is 0 Å². The maximum atomic E-state index is 13.0. The monoisotopic (exact) mass is 353 g/mol. The molecule has 0 aromatic heterocycles. The van der Waals surface area contributed by atoms with Crippen molar-refractivity contribution >= 4 is 17.6 Å². The van der Waals surface area contributed by atoms with E-state index in [1.807, 2.05) is 32.0 Å². The molecule has 7 nitrogen and oxygen atoms in total. The zero-order valence-electron chi connectivity index (χ0n) is 14.8. The summed E-state index contributed by atoms with van der Waals surface area (Å²) < 4.78 is 0. The van der Waals surface area contributed by atoms with Gasteiger partial charge in [-0.15, -0.1) is 0 Å². The number of urea groups is 1. The Morgan fingerprint density at radius 2 is 1.77 bits per heavy atom. The van der Waals surface area contributed by atoms with Crippen LogP contribution in [0.3, 0.4) is 0 Å². The van der Waals surface area contributed by atoms with Crippen LogP contribution in [0.5, 0.6) is 0 Å². The Kier molecular flexibility index (Phi) is 4.23. The van der Waals surface area contributed by atoms with E-state index in [1.165, 1.54) is 29.2 Å². The Morgan fingerprint density at radius 3 is 2.38 bits per heavy atom. The molecule has 0 radical (unpaired) electrons. The fourth-order valence-corrected chi connectivity index (χ4v) is 3.09. The minimum absolute atomic E-state index is 0.0682. The number of nitro benzene ring substituents is 1. The molecule has 0 bridgehead atoms. The van der Waals surface area contributed by atoms with Crippen LogP contribution < -0.4 is 5.32 Å². The average molecular weight is 353 g/mol. The van der Waals surface area contributed by atoms with Crippen LogP contribution in [-0.2, 0) is 16.9 Å². The van der Waals surface area contributed by atoms with E-state index in [4.69, 9.17) is 0 Å². The lowest BCUT2D eigenvalue weighted by molar-refractivity contribution is -0.384. The molecule has 0 saturated carbocycles. The van der Waals surface area contributed by atoms with Gasteiger partial charge in [0.15, 0.2) is 0 Å². The minimum Gasteiger partial charge on any atom is -0.319 e. The zero-order valence-corrected chi connectivity index (χ0v) is 14.8. The van der Waals surface area contributed by atoms with Gasteiger partial charge in [-0.2, -0.15) is 0 Å². The van der Waals surface area contributed by atoms with Gasteiger partial charge in [0, 0.05) is 12.1 Å². The number of nitro groups is 1. The molecule has 3 rings (SSSR count). The molecule has 1 aliphatic rings. The highest BCUT2D eigenvalue weighted by molar-refractivity contribution is 6.07. The number of hydrogen-bond donors (Lipinski definition) is 1. The number of non-ortho nitro benzene ring substituents is 1. The lowest BCUT2D eigenvalue weighted by atomic mass is 9.91. The van der Waals surface area contributed by atoms with Crippen molar-refractivity contribution in [2.75, 3.05) is 0 Å². The first-order valence-electron chi connectivity index (χ1n) is 8.17. The highest BCUT2D eigenvalue weighted by Gasteiger charge is 2.49. The predicted molar refractivity (Wildman–Crippen MR) is 95.4 cm³/mol. The van der Waals surface area contributed by atoms with Gasteiger partial charge in [-0.05, 0) is 49.6 Å². The standard InChI is InChI=1S/C19H19N3O4/c1-12-4-5-13(2)14(10-12)11-21-17(23)19(3,20-18(21)24)15-6-8-16(9-7-15)22(25)26/h4-10H,11H2,1-3H3,(H,20,24). The molecular weight excluding hydrogens is 334 g/mol. The number of benzene rings is 2. The van der Waals surface area contributed by atoms with Crippen molar-refractivity contribution in [3.63, 3.8) is 0 Å². The van der Waals surface area contributed by atoms with Gasteiger partial charge < -0.3 is 5.32 Å². The number of aryl methyl sites for hydroxylation is 2. The molecule has 2 aromatic rings. The fourth-order valence-electron chi connectivity index (χ4n) is 3.09. The van der Waals surface area contributed by atoms with E-state index in [0.29, 0.717) is 5.56 Å². The molecule has 2 aromatic carbocycles. The van der Waals surface area contributed by atoms with Gasteiger partial charge in [-0.3, -0.25) is 19.8 Å². The number of nitrogens with zero attached hydrogens (tertiary/aromatic N) is 2. The van der Waals surface area contributed by atoms with Crippen molar-refractivity contribution in [1.82, 2.24) is 10.2 Å². The summed E-state index contributed by atoms with van der Waals surface area (Å²) in [6.45, 7) is 5.68. The van der Waals surface area contributed by atoms with E-state index in [9.17, 15) is 19.7 Å². The van der Waals surface area contributed by atoms with Gasteiger partial charge in [0.25, 0.3) is 11.6 Å². The third kappa shape index (κ3) is 2.92. The molecule has 1 heterocycles. The molecule has 134 valence electrons. The van der Waals surface area contributed by atoms with Gasteiger partial charge in [0.1, 0.15) is 5.54 Å². The zero-order chi connectivity index (χ0) is 19.1. The summed E-state index contributed by atoms with van der Waals surface area (Å²) in [7, 11) is 0. The second-order valence-corrected chi connectivity index (χ2v) is 6.68. The largest absolute Gasteiger partial charge is 0.325 e. The maximum absolute atomic E-state index is 13.0. The van der Waals surface area contributed by atoms with Crippen LogP contribution in [0.4, 0.5) is 10.5 Å². The lowest BCUT2D eigenvalue weighted by Crippen LogP contribution is -2.40. The van der Waals surface area contributed by atoms with Gasteiger partial charge >= 0.3 is 6.03 Å². The smallest absolute Gasteiger partial charge is 0.319 e. The van der Waals surface area contributed by atoms with Gasteiger partial charge in [0.2, 0.25) is 0 Å². The number of carbonyl (C=O) groups is 2. The molecule has 1 saturated heterocycles. The normalized spacial score (nSPS) is 19.6. The summed E-state index contributed by atoms with van der Waals surface area (Å²) in [5.74, 6) is -0.378. The molecule has 1 atom stereocenters. The summed E-state index contributed by atoms with van der Waals surface area (Å²) in [5.41, 5.74) is 2.15.